The van der Waals surface area contributed by atoms with E-state index in [1.54, 1.807) is 6.20 Å². The van der Waals surface area contributed by atoms with Crippen LogP contribution in [-0.2, 0) is 20.9 Å². The normalized spacial score (nSPS) is 29.4. The van der Waals surface area contributed by atoms with Crippen LogP contribution < -0.4 is 0 Å². The highest BCUT2D eigenvalue weighted by molar-refractivity contribution is 5.94. The van der Waals surface area contributed by atoms with Gasteiger partial charge in [0.2, 0.25) is 5.91 Å². The Morgan fingerprint density at radius 3 is 3.25 bits per heavy atom. The Bertz CT molecular complexity index is 631. The number of hydrogen-bond donors (Lipinski definition) is 0. The highest BCUT2D eigenvalue weighted by Gasteiger charge is 2.47. The summed E-state index contributed by atoms with van der Waals surface area (Å²) >= 11 is 0. The first-order valence-electron chi connectivity index (χ1n) is 8.87. The lowest BCUT2D eigenvalue weighted by molar-refractivity contribution is -0.127. The lowest BCUT2D eigenvalue weighted by atomic mass is 9.98. The average molecular weight is 328 g/mol. The minimum atomic E-state index is -0.200. The molecule has 0 bridgehead atoms. The monoisotopic (exact) mass is 328 g/mol. The zero-order chi connectivity index (χ0) is 16.4. The highest BCUT2D eigenvalue weighted by Crippen LogP contribution is 2.37. The maximum Gasteiger partial charge on any atom is 0.249 e. The molecule has 1 spiro atoms. The van der Waals surface area contributed by atoms with Gasteiger partial charge in [-0.1, -0.05) is 12.1 Å². The van der Waals surface area contributed by atoms with Gasteiger partial charge in [-0.15, -0.1) is 0 Å². The zero-order valence-electron chi connectivity index (χ0n) is 13.9. The molecule has 24 heavy (non-hydrogen) atoms. The summed E-state index contributed by atoms with van der Waals surface area (Å²) in [6.45, 7) is 2.68. The van der Waals surface area contributed by atoms with E-state index >= 15 is 0 Å². The fraction of sp³-hybridized carbons (Fsp3) is 0.579. The van der Waals surface area contributed by atoms with Crippen LogP contribution in [0.2, 0.25) is 0 Å². The Morgan fingerprint density at radius 1 is 1.50 bits per heavy atom. The number of ether oxygens (including phenoxy) is 2. The van der Waals surface area contributed by atoms with Crippen LogP contribution in [0.25, 0.3) is 0 Å². The van der Waals surface area contributed by atoms with Crippen molar-refractivity contribution in [3.05, 3.63) is 41.7 Å². The van der Waals surface area contributed by atoms with Crippen LogP contribution in [0, 0.1) is 0 Å². The molecule has 3 heterocycles. The van der Waals surface area contributed by atoms with Crippen LogP contribution in [-0.4, -0.2) is 47.2 Å². The SMILES string of the molecule is O=C(C1=CCCC1)N1CC[C@]2(C[C@H](OCc3cccnc3)CO2)C1. The number of aromatic nitrogens is 1. The molecule has 3 aliphatic rings. The van der Waals surface area contributed by atoms with E-state index in [0.29, 0.717) is 19.8 Å². The first-order valence-corrected chi connectivity index (χ1v) is 8.87. The van der Waals surface area contributed by atoms with Crippen LogP contribution in [0.4, 0.5) is 0 Å². The van der Waals surface area contributed by atoms with Crippen molar-refractivity contribution in [1.82, 2.24) is 9.88 Å². The molecule has 4 rings (SSSR count). The molecule has 128 valence electrons. The molecule has 1 aromatic rings. The Kier molecular flexibility index (Phi) is 4.37. The van der Waals surface area contributed by atoms with Crippen molar-refractivity contribution in [2.45, 2.75) is 50.4 Å². The van der Waals surface area contributed by atoms with Crippen LogP contribution in [0.15, 0.2) is 36.2 Å². The third kappa shape index (κ3) is 3.23. The third-order valence-corrected chi connectivity index (χ3v) is 5.30. The summed E-state index contributed by atoms with van der Waals surface area (Å²) in [6, 6.07) is 3.94. The Balaban J connectivity index is 1.30. The molecule has 2 fully saturated rings. The van der Waals surface area contributed by atoms with Crippen molar-refractivity contribution in [1.29, 1.82) is 0 Å². The number of rotatable bonds is 4. The molecule has 0 unspecified atom stereocenters. The molecule has 5 nitrogen and oxygen atoms in total. The summed E-state index contributed by atoms with van der Waals surface area (Å²) in [5, 5.41) is 0. The van der Waals surface area contributed by atoms with Gasteiger partial charge in [-0.05, 0) is 37.3 Å². The zero-order valence-corrected chi connectivity index (χ0v) is 13.9. The largest absolute Gasteiger partial charge is 0.371 e. The third-order valence-electron chi connectivity index (χ3n) is 5.30. The molecule has 0 saturated carbocycles. The van der Waals surface area contributed by atoms with Gasteiger partial charge in [-0.2, -0.15) is 0 Å². The summed E-state index contributed by atoms with van der Waals surface area (Å²) in [6.07, 6.45) is 10.7. The van der Waals surface area contributed by atoms with Gasteiger partial charge in [0.25, 0.3) is 0 Å². The maximum absolute atomic E-state index is 12.5. The standard InChI is InChI=1S/C19H24N2O3/c22-18(16-5-1-2-6-16)21-9-7-19(14-21)10-17(13-24-19)23-12-15-4-3-8-20-11-15/h3-5,8,11,17H,1-2,6-7,9-10,12-14H2/t17-,19-/m0/s1. The summed E-state index contributed by atoms with van der Waals surface area (Å²) in [5.41, 5.74) is 1.87. The fourth-order valence-corrected chi connectivity index (χ4v) is 3.98. The number of likely N-dealkylation sites (tertiary alicyclic amines) is 1. The van der Waals surface area contributed by atoms with E-state index in [2.05, 4.69) is 11.1 Å². The Hall–Kier alpha value is -1.72. The number of pyridine rings is 1. The van der Waals surface area contributed by atoms with Crippen molar-refractivity contribution in [3.8, 4) is 0 Å². The van der Waals surface area contributed by atoms with Gasteiger partial charge in [0.1, 0.15) is 0 Å². The van der Waals surface area contributed by atoms with E-state index in [1.165, 1.54) is 0 Å². The minimum absolute atomic E-state index is 0.103. The van der Waals surface area contributed by atoms with Crippen molar-refractivity contribution in [2.75, 3.05) is 19.7 Å². The molecule has 2 atom stereocenters. The van der Waals surface area contributed by atoms with Gasteiger partial charge < -0.3 is 14.4 Å². The maximum atomic E-state index is 12.5. The molecule has 0 radical (unpaired) electrons. The first kappa shape index (κ1) is 15.8. The second kappa shape index (κ2) is 6.65. The molecule has 1 aliphatic carbocycles. The number of carbonyl (C=O) groups excluding carboxylic acids is 1. The molecule has 0 aromatic carbocycles. The van der Waals surface area contributed by atoms with Crippen molar-refractivity contribution < 1.29 is 14.3 Å². The quantitative estimate of drug-likeness (QED) is 0.852. The summed E-state index contributed by atoms with van der Waals surface area (Å²) < 4.78 is 12.1. The number of nitrogens with zero attached hydrogens (tertiary/aromatic N) is 2. The second-order valence-electron chi connectivity index (χ2n) is 7.09. The summed E-state index contributed by atoms with van der Waals surface area (Å²) in [4.78, 5) is 18.6. The van der Waals surface area contributed by atoms with E-state index in [4.69, 9.17) is 9.47 Å². The van der Waals surface area contributed by atoms with Crippen LogP contribution in [0.3, 0.4) is 0 Å². The van der Waals surface area contributed by atoms with E-state index in [-0.39, 0.29) is 17.6 Å². The smallest absolute Gasteiger partial charge is 0.249 e. The predicted molar refractivity (Wildman–Crippen MR) is 89.2 cm³/mol. The van der Waals surface area contributed by atoms with Gasteiger partial charge in [0, 0.05) is 30.9 Å². The number of carbonyl (C=O) groups is 1. The lowest BCUT2D eigenvalue weighted by Crippen LogP contribution is -2.36. The van der Waals surface area contributed by atoms with E-state index in [1.807, 2.05) is 23.2 Å². The molecular formula is C19H24N2O3. The average Bonchev–Trinajstić information content (AvgIpc) is 3.36. The second-order valence-corrected chi connectivity index (χ2v) is 7.09. The highest BCUT2D eigenvalue weighted by atomic mass is 16.6. The van der Waals surface area contributed by atoms with E-state index in [0.717, 1.165) is 49.8 Å². The molecule has 5 heteroatoms. The number of allylic oxidation sites excluding steroid dienone is 1. The van der Waals surface area contributed by atoms with Gasteiger partial charge in [0.05, 0.1) is 31.5 Å². The van der Waals surface area contributed by atoms with Gasteiger partial charge in [0.15, 0.2) is 0 Å². The fourth-order valence-electron chi connectivity index (χ4n) is 3.98. The molecule has 1 aromatic heterocycles. The van der Waals surface area contributed by atoms with E-state index < -0.39 is 0 Å². The lowest BCUT2D eigenvalue weighted by Gasteiger charge is -2.23. The van der Waals surface area contributed by atoms with E-state index in [9.17, 15) is 4.79 Å². The number of hydrogen-bond acceptors (Lipinski definition) is 4. The predicted octanol–water partition coefficient (Wildman–Crippen LogP) is 2.47. The van der Waals surface area contributed by atoms with Crippen molar-refractivity contribution in [3.63, 3.8) is 0 Å². The van der Waals surface area contributed by atoms with Crippen LogP contribution in [0.5, 0.6) is 0 Å². The molecule has 2 saturated heterocycles. The Labute approximate surface area is 142 Å². The molecular weight excluding hydrogens is 304 g/mol. The van der Waals surface area contributed by atoms with Crippen molar-refractivity contribution in [2.24, 2.45) is 0 Å². The topological polar surface area (TPSA) is 51.7 Å². The molecule has 2 aliphatic heterocycles. The van der Waals surface area contributed by atoms with Crippen LogP contribution >= 0.6 is 0 Å². The number of amides is 1. The van der Waals surface area contributed by atoms with Gasteiger partial charge in [-0.25, -0.2) is 0 Å². The van der Waals surface area contributed by atoms with Crippen LogP contribution in [0.1, 0.15) is 37.7 Å². The summed E-state index contributed by atoms with van der Waals surface area (Å²) in [7, 11) is 0. The Morgan fingerprint density at radius 2 is 2.46 bits per heavy atom. The first-order chi connectivity index (χ1) is 11.7. The van der Waals surface area contributed by atoms with Gasteiger partial charge >= 0.3 is 0 Å². The van der Waals surface area contributed by atoms with Crippen molar-refractivity contribution >= 4 is 5.91 Å². The summed E-state index contributed by atoms with van der Waals surface area (Å²) in [5.74, 6) is 0.215. The molecule has 0 N–H and O–H groups in total. The van der Waals surface area contributed by atoms with Gasteiger partial charge in [-0.3, -0.25) is 9.78 Å². The molecule has 1 amide bonds. The minimum Gasteiger partial charge on any atom is -0.371 e.